The molecule has 1 aromatic carbocycles. The van der Waals surface area contributed by atoms with E-state index in [0.717, 1.165) is 6.07 Å². The molecule has 0 saturated heterocycles. The Kier molecular flexibility index (Phi) is 3.92. The number of nitrogens with zero attached hydrogens (tertiary/aromatic N) is 4. The lowest BCUT2D eigenvalue weighted by molar-refractivity contribution is 0.375. The predicted octanol–water partition coefficient (Wildman–Crippen LogP) is 1.09. The Morgan fingerprint density at radius 2 is 2.13 bits per heavy atom. The van der Waals surface area contributed by atoms with Crippen LogP contribution in [0.5, 0.6) is 0 Å². The molecule has 0 saturated carbocycles. The van der Waals surface area contributed by atoms with E-state index in [1.807, 2.05) is 0 Å². The molecule has 8 nitrogen and oxygen atoms in total. The number of hydrogen-bond acceptors (Lipinski definition) is 6. The lowest BCUT2D eigenvalue weighted by atomic mass is 10.3. The van der Waals surface area contributed by atoms with Gasteiger partial charge in [0.15, 0.2) is 0 Å². The Morgan fingerprint density at radius 1 is 1.35 bits per heavy atom. The van der Waals surface area contributed by atoms with Crippen LogP contribution in [0.3, 0.4) is 0 Å². The first-order valence-corrected chi connectivity index (χ1v) is 8.00. The van der Waals surface area contributed by atoms with Gasteiger partial charge in [-0.1, -0.05) is 17.3 Å². The first-order chi connectivity index (χ1) is 11.0. The Bertz CT molecular complexity index is 935. The van der Waals surface area contributed by atoms with E-state index < -0.39 is 20.7 Å². The standard InChI is InChI=1S/C13H12FN5O3S/c1-19-8-9(6-15-19)13-17-12(22-18-13)7-16-23(20,21)11-5-3-2-4-10(11)14/h2-6,8,16H,7H2,1H3. The van der Waals surface area contributed by atoms with E-state index >= 15 is 0 Å². The van der Waals surface area contributed by atoms with E-state index in [9.17, 15) is 12.8 Å². The van der Waals surface area contributed by atoms with Crippen LogP contribution in [0.4, 0.5) is 4.39 Å². The third kappa shape index (κ3) is 3.27. The van der Waals surface area contributed by atoms with Gasteiger partial charge in [0.2, 0.25) is 21.7 Å². The Morgan fingerprint density at radius 3 is 2.83 bits per heavy atom. The van der Waals surface area contributed by atoms with Crippen LogP contribution in [0.25, 0.3) is 11.4 Å². The van der Waals surface area contributed by atoms with Crippen molar-refractivity contribution in [2.75, 3.05) is 0 Å². The second-order valence-electron chi connectivity index (χ2n) is 4.67. The van der Waals surface area contributed by atoms with Gasteiger partial charge in [-0.15, -0.1) is 0 Å². The van der Waals surface area contributed by atoms with Gasteiger partial charge in [0.1, 0.15) is 10.7 Å². The van der Waals surface area contributed by atoms with Crippen LogP contribution in [-0.4, -0.2) is 28.3 Å². The van der Waals surface area contributed by atoms with Gasteiger partial charge in [-0.25, -0.2) is 17.5 Å². The fourth-order valence-corrected chi connectivity index (χ4v) is 2.93. The molecule has 23 heavy (non-hydrogen) atoms. The molecule has 120 valence electrons. The van der Waals surface area contributed by atoms with E-state index in [-0.39, 0.29) is 18.3 Å². The average molecular weight is 337 g/mol. The van der Waals surface area contributed by atoms with Crippen molar-refractivity contribution in [3.63, 3.8) is 0 Å². The summed E-state index contributed by atoms with van der Waals surface area (Å²) in [5.41, 5.74) is 0.638. The fourth-order valence-electron chi connectivity index (χ4n) is 1.88. The number of sulfonamides is 1. The van der Waals surface area contributed by atoms with Crippen LogP contribution >= 0.6 is 0 Å². The lowest BCUT2D eigenvalue weighted by Crippen LogP contribution is -2.24. The zero-order valence-electron chi connectivity index (χ0n) is 12.0. The molecule has 2 aromatic heterocycles. The van der Waals surface area contributed by atoms with Crippen molar-refractivity contribution >= 4 is 10.0 Å². The second kappa shape index (κ2) is 5.89. The van der Waals surface area contributed by atoms with Gasteiger partial charge in [0.05, 0.1) is 18.3 Å². The highest BCUT2D eigenvalue weighted by molar-refractivity contribution is 7.89. The summed E-state index contributed by atoms with van der Waals surface area (Å²) in [6.07, 6.45) is 3.25. The molecule has 2 heterocycles. The van der Waals surface area contributed by atoms with Gasteiger partial charge in [0.25, 0.3) is 0 Å². The number of nitrogens with one attached hydrogen (secondary N) is 1. The Hall–Kier alpha value is -2.59. The highest BCUT2D eigenvalue weighted by atomic mass is 32.2. The number of halogens is 1. The van der Waals surface area contributed by atoms with E-state index in [0.29, 0.717) is 5.56 Å². The van der Waals surface area contributed by atoms with Crippen LogP contribution in [0, 0.1) is 5.82 Å². The maximum Gasteiger partial charge on any atom is 0.243 e. The van der Waals surface area contributed by atoms with Crippen LogP contribution in [0.1, 0.15) is 5.89 Å². The van der Waals surface area contributed by atoms with Gasteiger partial charge >= 0.3 is 0 Å². The highest BCUT2D eigenvalue weighted by Gasteiger charge is 2.19. The molecule has 1 N–H and O–H groups in total. The minimum Gasteiger partial charge on any atom is -0.338 e. The summed E-state index contributed by atoms with van der Waals surface area (Å²) in [5.74, 6) is -0.483. The van der Waals surface area contributed by atoms with Gasteiger partial charge < -0.3 is 4.52 Å². The molecule has 0 aliphatic carbocycles. The van der Waals surface area contributed by atoms with Crippen LogP contribution in [0.2, 0.25) is 0 Å². The van der Waals surface area contributed by atoms with Crippen molar-refractivity contribution in [1.82, 2.24) is 24.6 Å². The predicted molar refractivity (Wildman–Crippen MR) is 76.9 cm³/mol. The molecule has 0 amide bonds. The first-order valence-electron chi connectivity index (χ1n) is 6.51. The minimum atomic E-state index is -4.01. The summed E-state index contributed by atoms with van der Waals surface area (Å²) < 4.78 is 46.4. The molecule has 0 aliphatic heterocycles. The van der Waals surface area contributed by atoms with E-state index in [4.69, 9.17) is 4.52 Å². The minimum absolute atomic E-state index is 0.0590. The molecule has 0 radical (unpaired) electrons. The van der Waals surface area contributed by atoms with Crippen LogP contribution in [-0.2, 0) is 23.6 Å². The summed E-state index contributed by atoms with van der Waals surface area (Å²) in [6, 6.07) is 5.09. The summed E-state index contributed by atoms with van der Waals surface area (Å²) in [5, 5.41) is 7.72. The van der Waals surface area contributed by atoms with Gasteiger partial charge in [-0.05, 0) is 12.1 Å². The highest BCUT2D eigenvalue weighted by Crippen LogP contribution is 2.16. The molecule has 3 rings (SSSR count). The maximum atomic E-state index is 13.6. The van der Waals surface area contributed by atoms with E-state index in [1.54, 1.807) is 24.1 Å². The van der Waals surface area contributed by atoms with Crippen molar-refractivity contribution in [2.24, 2.45) is 7.05 Å². The topological polar surface area (TPSA) is 103 Å². The van der Waals surface area contributed by atoms with Crippen LogP contribution < -0.4 is 4.72 Å². The number of aryl methyl sites for hydroxylation is 1. The van der Waals surface area contributed by atoms with Crippen molar-refractivity contribution in [3.8, 4) is 11.4 Å². The molecular formula is C13H12FN5O3S. The van der Waals surface area contributed by atoms with Crippen molar-refractivity contribution in [2.45, 2.75) is 11.4 Å². The quantitative estimate of drug-likeness (QED) is 0.747. The zero-order valence-corrected chi connectivity index (χ0v) is 12.8. The third-order valence-corrected chi connectivity index (χ3v) is 4.41. The molecule has 0 fully saturated rings. The largest absolute Gasteiger partial charge is 0.338 e. The zero-order chi connectivity index (χ0) is 16.4. The molecule has 0 unspecified atom stereocenters. The Balaban J connectivity index is 1.74. The third-order valence-electron chi connectivity index (χ3n) is 2.97. The number of aromatic nitrogens is 4. The number of benzene rings is 1. The molecule has 0 atom stereocenters. The summed E-state index contributed by atoms with van der Waals surface area (Å²) in [4.78, 5) is 3.62. The summed E-state index contributed by atoms with van der Waals surface area (Å²) in [6.45, 7) is -0.246. The summed E-state index contributed by atoms with van der Waals surface area (Å²) in [7, 11) is -2.27. The van der Waals surface area contributed by atoms with Gasteiger partial charge in [-0.3, -0.25) is 4.68 Å². The van der Waals surface area contributed by atoms with Gasteiger partial charge in [0, 0.05) is 13.2 Å². The SMILES string of the molecule is Cn1cc(-c2noc(CNS(=O)(=O)c3ccccc3F)n2)cn1. The first kappa shape index (κ1) is 15.3. The molecule has 0 aliphatic rings. The smallest absolute Gasteiger partial charge is 0.243 e. The second-order valence-corrected chi connectivity index (χ2v) is 6.40. The number of hydrogen-bond donors (Lipinski definition) is 1. The van der Waals surface area contributed by atoms with Crippen molar-refractivity contribution in [1.29, 1.82) is 0 Å². The molecule has 10 heteroatoms. The fraction of sp³-hybridized carbons (Fsp3) is 0.154. The van der Waals surface area contributed by atoms with Crippen LogP contribution in [0.15, 0.2) is 46.1 Å². The number of rotatable bonds is 5. The Labute approximate surface area is 131 Å². The monoisotopic (exact) mass is 337 g/mol. The lowest BCUT2D eigenvalue weighted by Gasteiger charge is -2.05. The molecule has 0 spiro atoms. The normalized spacial score (nSPS) is 11.7. The molecular weight excluding hydrogens is 325 g/mol. The average Bonchev–Trinajstić information content (AvgIpc) is 3.14. The van der Waals surface area contributed by atoms with E-state index in [2.05, 4.69) is 20.0 Å². The van der Waals surface area contributed by atoms with Gasteiger partial charge in [-0.2, -0.15) is 10.1 Å². The maximum absolute atomic E-state index is 13.6. The van der Waals surface area contributed by atoms with Crippen molar-refractivity contribution in [3.05, 3.63) is 48.4 Å². The van der Waals surface area contributed by atoms with Crippen molar-refractivity contribution < 1.29 is 17.3 Å². The van der Waals surface area contributed by atoms with E-state index in [1.165, 1.54) is 18.2 Å². The summed E-state index contributed by atoms with van der Waals surface area (Å²) >= 11 is 0. The molecule has 3 aromatic rings. The molecule has 0 bridgehead atoms.